The Balaban J connectivity index is 0.00000576. The highest BCUT2D eigenvalue weighted by atomic mass is 127. The summed E-state index contributed by atoms with van der Waals surface area (Å²) in [7, 11) is -1.82. The fourth-order valence-corrected chi connectivity index (χ4v) is 2.68. The average Bonchev–Trinajstić information content (AvgIpc) is 2.53. The van der Waals surface area contributed by atoms with E-state index in [9.17, 15) is 8.42 Å². The minimum absolute atomic E-state index is 0. The van der Waals surface area contributed by atoms with Crippen LogP contribution in [0.15, 0.2) is 29.3 Å². The topological polar surface area (TPSA) is 82.6 Å². The van der Waals surface area contributed by atoms with E-state index in [1.54, 1.807) is 0 Å². The molecule has 0 aliphatic heterocycles. The van der Waals surface area contributed by atoms with E-state index in [4.69, 9.17) is 0 Å². The van der Waals surface area contributed by atoms with E-state index in [0.717, 1.165) is 23.6 Å². The lowest BCUT2D eigenvalue weighted by Gasteiger charge is -2.20. The van der Waals surface area contributed by atoms with Gasteiger partial charge in [0.2, 0.25) is 10.0 Å². The Morgan fingerprint density at radius 1 is 1.12 bits per heavy atom. The van der Waals surface area contributed by atoms with E-state index in [2.05, 4.69) is 41.1 Å². The summed E-state index contributed by atoms with van der Waals surface area (Å²) in [5, 5.41) is 6.63. The summed E-state index contributed by atoms with van der Waals surface area (Å²) in [5.74, 6) is 1.30. The molecule has 0 aliphatic carbocycles. The number of benzene rings is 1. The molecule has 8 heteroatoms. The molecule has 1 rings (SSSR count). The third-order valence-electron chi connectivity index (χ3n) is 3.82. The number of guanidine groups is 1. The molecule has 3 N–H and O–H groups in total. The molecule has 1 aromatic rings. The van der Waals surface area contributed by atoms with Crippen LogP contribution in [-0.2, 0) is 22.3 Å². The lowest BCUT2D eigenvalue weighted by molar-refractivity contribution is 0.481. The number of nitrogens with zero attached hydrogens (tertiary/aromatic N) is 1. The third kappa shape index (κ3) is 9.41. The SMILES string of the molecule is CCNC(=NCc1ccc(CS(=O)(=O)NC)cc1)NC(C)C(C)C.I. The first-order valence-corrected chi connectivity index (χ1v) is 9.96. The van der Waals surface area contributed by atoms with E-state index in [0.29, 0.717) is 18.5 Å². The number of aliphatic imine (C=N–C) groups is 1. The van der Waals surface area contributed by atoms with Crippen LogP contribution in [0.25, 0.3) is 0 Å². The molecule has 1 unspecified atom stereocenters. The van der Waals surface area contributed by atoms with Crippen molar-refractivity contribution in [3.05, 3.63) is 35.4 Å². The standard InChI is InChI=1S/C17H30N4O2S.HI/c1-6-19-17(21-14(4)13(2)3)20-11-15-7-9-16(10-8-15)12-24(22,23)18-5;/h7-10,13-14,18H,6,11-12H2,1-5H3,(H2,19,20,21);1H. The van der Waals surface area contributed by atoms with Gasteiger partial charge in [-0.3, -0.25) is 0 Å². The number of sulfonamides is 1. The summed E-state index contributed by atoms with van der Waals surface area (Å²) in [5.41, 5.74) is 1.80. The predicted octanol–water partition coefficient (Wildman–Crippen LogP) is 2.45. The highest BCUT2D eigenvalue weighted by Crippen LogP contribution is 2.09. The predicted molar refractivity (Wildman–Crippen MR) is 116 cm³/mol. The number of rotatable bonds is 8. The lowest BCUT2D eigenvalue weighted by atomic mass is 10.1. The van der Waals surface area contributed by atoms with Gasteiger partial charge in [0.15, 0.2) is 5.96 Å². The number of halogens is 1. The Hall–Kier alpha value is -0.870. The fourth-order valence-electron chi connectivity index (χ4n) is 1.91. The lowest BCUT2D eigenvalue weighted by Crippen LogP contribution is -2.44. The van der Waals surface area contributed by atoms with Crippen molar-refractivity contribution in [2.75, 3.05) is 13.6 Å². The van der Waals surface area contributed by atoms with Gasteiger partial charge in [-0.1, -0.05) is 38.1 Å². The maximum atomic E-state index is 11.5. The van der Waals surface area contributed by atoms with Crippen molar-refractivity contribution >= 4 is 40.0 Å². The molecule has 0 amide bonds. The molecule has 1 aromatic carbocycles. The van der Waals surface area contributed by atoms with Crippen molar-refractivity contribution in [3.63, 3.8) is 0 Å². The highest BCUT2D eigenvalue weighted by Gasteiger charge is 2.09. The van der Waals surface area contributed by atoms with E-state index in [1.165, 1.54) is 7.05 Å². The van der Waals surface area contributed by atoms with Crippen molar-refractivity contribution in [2.24, 2.45) is 10.9 Å². The van der Waals surface area contributed by atoms with Gasteiger partial charge >= 0.3 is 0 Å². The van der Waals surface area contributed by atoms with Crippen molar-refractivity contribution in [1.29, 1.82) is 0 Å². The van der Waals surface area contributed by atoms with E-state index < -0.39 is 10.0 Å². The van der Waals surface area contributed by atoms with Crippen molar-refractivity contribution in [1.82, 2.24) is 15.4 Å². The van der Waals surface area contributed by atoms with Gasteiger partial charge in [-0.25, -0.2) is 18.1 Å². The molecule has 0 heterocycles. The van der Waals surface area contributed by atoms with Gasteiger partial charge < -0.3 is 10.6 Å². The molecule has 0 bridgehead atoms. The maximum absolute atomic E-state index is 11.5. The van der Waals surface area contributed by atoms with Gasteiger partial charge in [-0.05, 0) is 37.9 Å². The quantitative estimate of drug-likeness (QED) is 0.302. The Labute approximate surface area is 169 Å². The zero-order valence-electron chi connectivity index (χ0n) is 15.7. The average molecular weight is 482 g/mol. The Morgan fingerprint density at radius 2 is 1.68 bits per heavy atom. The molecule has 0 fully saturated rings. The molecular weight excluding hydrogens is 451 g/mol. The number of nitrogens with one attached hydrogen (secondary N) is 3. The second-order valence-corrected chi connectivity index (χ2v) is 8.08. The molecule has 0 aromatic heterocycles. The molecule has 25 heavy (non-hydrogen) atoms. The number of hydrogen-bond acceptors (Lipinski definition) is 3. The minimum atomic E-state index is -3.24. The summed E-state index contributed by atoms with van der Waals surface area (Å²) >= 11 is 0. The first kappa shape index (κ1) is 24.1. The summed E-state index contributed by atoms with van der Waals surface area (Å²) in [4.78, 5) is 4.59. The molecule has 6 nitrogen and oxygen atoms in total. The second-order valence-electron chi connectivity index (χ2n) is 6.15. The molecule has 0 radical (unpaired) electrons. The maximum Gasteiger partial charge on any atom is 0.215 e. The van der Waals surface area contributed by atoms with Crippen LogP contribution in [0.3, 0.4) is 0 Å². The molecular formula is C17H31IN4O2S. The van der Waals surface area contributed by atoms with Gasteiger partial charge in [-0.2, -0.15) is 0 Å². The van der Waals surface area contributed by atoms with E-state index >= 15 is 0 Å². The Morgan fingerprint density at radius 3 is 2.16 bits per heavy atom. The van der Waals surface area contributed by atoms with Crippen LogP contribution < -0.4 is 15.4 Å². The van der Waals surface area contributed by atoms with Crippen LogP contribution in [0.5, 0.6) is 0 Å². The van der Waals surface area contributed by atoms with Gasteiger partial charge in [0.1, 0.15) is 0 Å². The molecule has 0 aliphatic rings. The Kier molecular flexibility index (Phi) is 11.3. The first-order valence-electron chi connectivity index (χ1n) is 8.31. The largest absolute Gasteiger partial charge is 0.357 e. The van der Waals surface area contributed by atoms with E-state index in [-0.39, 0.29) is 29.7 Å². The summed E-state index contributed by atoms with van der Waals surface area (Å²) in [6, 6.07) is 7.82. The van der Waals surface area contributed by atoms with Crippen LogP contribution >= 0.6 is 24.0 Å². The van der Waals surface area contributed by atoms with Crippen LogP contribution in [0.2, 0.25) is 0 Å². The smallest absolute Gasteiger partial charge is 0.215 e. The van der Waals surface area contributed by atoms with Crippen LogP contribution in [0.1, 0.15) is 38.8 Å². The van der Waals surface area contributed by atoms with Gasteiger partial charge in [0.25, 0.3) is 0 Å². The summed E-state index contributed by atoms with van der Waals surface area (Å²) in [6.07, 6.45) is 0. The minimum Gasteiger partial charge on any atom is -0.357 e. The molecule has 144 valence electrons. The first-order chi connectivity index (χ1) is 11.3. The van der Waals surface area contributed by atoms with Crippen LogP contribution in [0.4, 0.5) is 0 Å². The van der Waals surface area contributed by atoms with Crippen LogP contribution in [0, 0.1) is 5.92 Å². The van der Waals surface area contributed by atoms with Crippen molar-refractivity contribution in [2.45, 2.75) is 46.0 Å². The Bertz CT molecular complexity index is 631. The third-order valence-corrected chi connectivity index (χ3v) is 5.15. The monoisotopic (exact) mass is 482 g/mol. The molecule has 1 atom stereocenters. The highest BCUT2D eigenvalue weighted by molar-refractivity contribution is 14.0. The summed E-state index contributed by atoms with van der Waals surface area (Å²) in [6.45, 7) is 9.85. The zero-order chi connectivity index (χ0) is 18.2. The molecule has 0 spiro atoms. The fraction of sp³-hybridized carbons (Fsp3) is 0.588. The van der Waals surface area contributed by atoms with Gasteiger partial charge in [0.05, 0.1) is 12.3 Å². The van der Waals surface area contributed by atoms with E-state index in [1.807, 2.05) is 31.2 Å². The van der Waals surface area contributed by atoms with Crippen LogP contribution in [-0.4, -0.2) is 34.0 Å². The molecule has 0 saturated heterocycles. The normalized spacial score (nSPS) is 13.3. The van der Waals surface area contributed by atoms with Crippen molar-refractivity contribution in [3.8, 4) is 0 Å². The van der Waals surface area contributed by atoms with Gasteiger partial charge in [-0.15, -0.1) is 24.0 Å². The molecule has 0 saturated carbocycles. The van der Waals surface area contributed by atoms with Gasteiger partial charge in [0, 0.05) is 12.6 Å². The second kappa shape index (κ2) is 11.7. The summed E-state index contributed by atoms with van der Waals surface area (Å²) < 4.78 is 25.4. The number of hydrogen-bond donors (Lipinski definition) is 3. The zero-order valence-corrected chi connectivity index (χ0v) is 18.8. The van der Waals surface area contributed by atoms with Crippen molar-refractivity contribution < 1.29 is 8.42 Å².